The fraction of sp³-hybridized carbons (Fsp3) is 0.364. The highest BCUT2D eigenvalue weighted by Gasteiger charge is 2.07. The number of hydrogen-bond acceptors (Lipinski definition) is 2. The van der Waals surface area contributed by atoms with E-state index in [0.717, 1.165) is 21.6 Å². The fourth-order valence-corrected chi connectivity index (χ4v) is 1.92. The summed E-state index contributed by atoms with van der Waals surface area (Å²) in [5.41, 5.74) is 3.17. The van der Waals surface area contributed by atoms with Crippen LogP contribution in [-0.2, 0) is 11.2 Å². The van der Waals surface area contributed by atoms with Crippen LogP contribution in [0.2, 0.25) is 0 Å². The lowest BCUT2D eigenvalue weighted by atomic mass is 10.0. The Morgan fingerprint density at radius 3 is 2.57 bits per heavy atom. The summed E-state index contributed by atoms with van der Waals surface area (Å²) in [4.78, 5) is 11.8. The van der Waals surface area contributed by atoms with Crippen molar-refractivity contribution in [2.45, 2.75) is 25.2 Å². The van der Waals surface area contributed by atoms with Crippen LogP contribution in [0.1, 0.15) is 16.7 Å². The molecule has 0 atom stereocenters. The van der Waals surface area contributed by atoms with Crippen LogP contribution in [0.5, 0.6) is 0 Å². The Labute approximate surface area is 88.3 Å². The van der Waals surface area contributed by atoms with Crippen molar-refractivity contribution >= 4 is 17.7 Å². The van der Waals surface area contributed by atoms with Crippen molar-refractivity contribution in [3.05, 3.63) is 28.8 Å². The molecule has 1 N–H and O–H groups in total. The van der Waals surface area contributed by atoms with Gasteiger partial charge < -0.3 is 5.11 Å². The van der Waals surface area contributed by atoms with Gasteiger partial charge in [-0.15, -0.1) is 11.8 Å². The molecule has 0 unspecified atom stereocenters. The molecule has 76 valence electrons. The van der Waals surface area contributed by atoms with E-state index < -0.39 is 5.97 Å². The van der Waals surface area contributed by atoms with Gasteiger partial charge in [0.25, 0.3) is 0 Å². The lowest BCUT2D eigenvalue weighted by Gasteiger charge is -2.09. The number of carbonyl (C=O) groups is 1. The van der Waals surface area contributed by atoms with E-state index in [4.69, 9.17) is 5.11 Å². The Morgan fingerprint density at radius 2 is 2.07 bits per heavy atom. The molecular weight excluding hydrogens is 196 g/mol. The van der Waals surface area contributed by atoms with Crippen LogP contribution in [0.3, 0.4) is 0 Å². The molecule has 2 nitrogen and oxygen atoms in total. The first-order valence-electron chi connectivity index (χ1n) is 4.40. The third-order valence-corrected chi connectivity index (χ3v) is 3.03. The number of carboxylic acids is 1. The van der Waals surface area contributed by atoms with Gasteiger partial charge in [-0.25, -0.2) is 0 Å². The highest BCUT2D eigenvalue weighted by atomic mass is 32.2. The van der Waals surface area contributed by atoms with E-state index in [1.807, 2.05) is 26.2 Å². The summed E-state index contributed by atoms with van der Waals surface area (Å²) < 4.78 is 0. The van der Waals surface area contributed by atoms with Gasteiger partial charge in [0.1, 0.15) is 0 Å². The second-order valence-electron chi connectivity index (χ2n) is 3.30. The van der Waals surface area contributed by atoms with Gasteiger partial charge >= 0.3 is 5.97 Å². The highest BCUT2D eigenvalue weighted by Crippen LogP contribution is 2.23. The zero-order chi connectivity index (χ0) is 10.7. The van der Waals surface area contributed by atoms with Gasteiger partial charge in [0.05, 0.1) is 6.42 Å². The van der Waals surface area contributed by atoms with Crippen molar-refractivity contribution in [1.29, 1.82) is 0 Å². The van der Waals surface area contributed by atoms with Gasteiger partial charge in [-0.2, -0.15) is 0 Å². The summed E-state index contributed by atoms with van der Waals surface area (Å²) >= 11 is 1.64. The van der Waals surface area contributed by atoms with Crippen LogP contribution in [0, 0.1) is 13.8 Å². The molecule has 0 amide bonds. The van der Waals surface area contributed by atoms with E-state index in [-0.39, 0.29) is 6.42 Å². The molecule has 3 heteroatoms. The third kappa shape index (κ3) is 2.51. The molecule has 0 spiro atoms. The summed E-state index contributed by atoms with van der Waals surface area (Å²) in [6, 6.07) is 4.05. The van der Waals surface area contributed by atoms with Crippen LogP contribution in [-0.4, -0.2) is 17.3 Å². The normalized spacial score (nSPS) is 10.2. The standard InChI is InChI=1S/C11H14O2S/c1-7-4-10(14-3)5-9(8(7)2)6-11(12)13/h4-5H,6H2,1-3H3,(H,12,13). The Morgan fingerprint density at radius 1 is 1.43 bits per heavy atom. The minimum Gasteiger partial charge on any atom is -0.481 e. The van der Waals surface area contributed by atoms with Gasteiger partial charge in [0.15, 0.2) is 0 Å². The number of aryl methyl sites for hydroxylation is 1. The number of aliphatic carboxylic acids is 1. The average molecular weight is 210 g/mol. The molecule has 1 aromatic carbocycles. The maximum Gasteiger partial charge on any atom is 0.307 e. The van der Waals surface area contributed by atoms with E-state index in [1.165, 1.54) is 0 Å². The quantitative estimate of drug-likeness (QED) is 0.779. The number of hydrogen-bond donors (Lipinski definition) is 1. The largest absolute Gasteiger partial charge is 0.481 e. The van der Waals surface area contributed by atoms with Gasteiger partial charge in [-0.3, -0.25) is 4.79 Å². The predicted molar refractivity (Wildman–Crippen MR) is 59.0 cm³/mol. The summed E-state index contributed by atoms with van der Waals surface area (Å²) in [7, 11) is 0. The third-order valence-electron chi connectivity index (χ3n) is 2.33. The van der Waals surface area contributed by atoms with Crippen LogP contribution in [0.25, 0.3) is 0 Å². The van der Waals surface area contributed by atoms with Crippen molar-refractivity contribution in [3.8, 4) is 0 Å². The molecule has 0 aliphatic rings. The fourth-order valence-electron chi connectivity index (χ4n) is 1.36. The summed E-state index contributed by atoms with van der Waals surface area (Å²) in [5, 5.41) is 8.74. The number of carboxylic acid groups (broad SMARTS) is 1. The van der Waals surface area contributed by atoms with Crippen LogP contribution in [0.4, 0.5) is 0 Å². The molecule has 0 radical (unpaired) electrons. The number of thioether (sulfide) groups is 1. The molecule has 0 aromatic heterocycles. The van der Waals surface area contributed by atoms with Gasteiger partial charge in [0, 0.05) is 4.90 Å². The zero-order valence-corrected chi connectivity index (χ0v) is 9.44. The molecule has 0 fully saturated rings. The van der Waals surface area contributed by atoms with E-state index in [0.29, 0.717) is 0 Å². The molecule has 1 aromatic rings. The minimum absolute atomic E-state index is 0.112. The van der Waals surface area contributed by atoms with Crippen molar-refractivity contribution < 1.29 is 9.90 Å². The monoisotopic (exact) mass is 210 g/mol. The first kappa shape index (κ1) is 11.1. The molecule has 0 aliphatic carbocycles. The Bertz CT molecular complexity index is 359. The molecular formula is C11H14O2S. The summed E-state index contributed by atoms with van der Waals surface area (Å²) in [5.74, 6) is -0.772. The van der Waals surface area contributed by atoms with E-state index >= 15 is 0 Å². The second-order valence-corrected chi connectivity index (χ2v) is 4.18. The molecule has 14 heavy (non-hydrogen) atoms. The SMILES string of the molecule is CSc1cc(C)c(C)c(CC(=O)O)c1. The predicted octanol–water partition coefficient (Wildman–Crippen LogP) is 2.65. The van der Waals surface area contributed by atoms with Crippen LogP contribution in [0.15, 0.2) is 17.0 Å². The van der Waals surface area contributed by atoms with Crippen molar-refractivity contribution in [1.82, 2.24) is 0 Å². The van der Waals surface area contributed by atoms with Crippen molar-refractivity contribution in [2.75, 3.05) is 6.26 Å². The molecule has 0 aliphatic heterocycles. The Hall–Kier alpha value is -0.960. The molecule has 0 saturated carbocycles. The number of benzene rings is 1. The summed E-state index contributed by atoms with van der Waals surface area (Å²) in [6.07, 6.45) is 2.11. The lowest BCUT2D eigenvalue weighted by molar-refractivity contribution is -0.136. The molecule has 0 heterocycles. The smallest absolute Gasteiger partial charge is 0.307 e. The topological polar surface area (TPSA) is 37.3 Å². The van der Waals surface area contributed by atoms with E-state index in [9.17, 15) is 4.79 Å². The van der Waals surface area contributed by atoms with E-state index in [1.54, 1.807) is 11.8 Å². The minimum atomic E-state index is -0.772. The van der Waals surface area contributed by atoms with Crippen LogP contribution < -0.4 is 0 Å². The second kappa shape index (κ2) is 4.51. The van der Waals surface area contributed by atoms with Gasteiger partial charge in [-0.1, -0.05) is 0 Å². The zero-order valence-electron chi connectivity index (χ0n) is 8.63. The lowest BCUT2D eigenvalue weighted by Crippen LogP contribution is -2.03. The van der Waals surface area contributed by atoms with Crippen molar-refractivity contribution in [3.63, 3.8) is 0 Å². The Kier molecular flexibility index (Phi) is 3.58. The average Bonchev–Trinajstić information content (AvgIpc) is 2.11. The van der Waals surface area contributed by atoms with Crippen LogP contribution >= 0.6 is 11.8 Å². The van der Waals surface area contributed by atoms with E-state index in [2.05, 4.69) is 6.07 Å². The molecule has 0 saturated heterocycles. The van der Waals surface area contributed by atoms with Crippen molar-refractivity contribution in [2.24, 2.45) is 0 Å². The van der Waals surface area contributed by atoms with Gasteiger partial charge in [-0.05, 0) is 48.9 Å². The first-order chi connectivity index (χ1) is 6.54. The Balaban J connectivity index is 3.13. The first-order valence-corrected chi connectivity index (χ1v) is 5.63. The van der Waals surface area contributed by atoms with Gasteiger partial charge in [0.2, 0.25) is 0 Å². The molecule has 0 bridgehead atoms. The summed E-state index contributed by atoms with van der Waals surface area (Å²) in [6.45, 7) is 3.98. The number of rotatable bonds is 3. The maximum atomic E-state index is 10.6. The highest BCUT2D eigenvalue weighted by molar-refractivity contribution is 7.98. The molecule has 1 rings (SSSR count). The maximum absolute atomic E-state index is 10.6.